The van der Waals surface area contributed by atoms with Crippen LogP contribution in [0.25, 0.3) is 0 Å². The fourth-order valence-electron chi connectivity index (χ4n) is 3.52. The molecule has 6 nitrogen and oxygen atoms in total. The van der Waals surface area contributed by atoms with Crippen LogP contribution in [0.1, 0.15) is 46.0 Å². The van der Waals surface area contributed by atoms with Gasteiger partial charge in [-0.3, -0.25) is 9.69 Å². The van der Waals surface area contributed by atoms with Crippen molar-refractivity contribution in [3.8, 4) is 0 Å². The van der Waals surface area contributed by atoms with Gasteiger partial charge in [0.2, 0.25) is 5.91 Å². The quantitative estimate of drug-likeness (QED) is 0.622. The third-order valence-corrected chi connectivity index (χ3v) is 4.99. The minimum absolute atomic E-state index is 0.0406. The number of nitrogens with one attached hydrogen (secondary N) is 1. The first-order chi connectivity index (χ1) is 11.5. The molecule has 1 amide bonds. The highest BCUT2D eigenvalue weighted by Gasteiger charge is 2.26. The summed E-state index contributed by atoms with van der Waals surface area (Å²) in [6.45, 7) is 8.63. The van der Waals surface area contributed by atoms with E-state index in [0.29, 0.717) is 6.04 Å². The van der Waals surface area contributed by atoms with Gasteiger partial charge in [0.15, 0.2) is 5.96 Å². The van der Waals surface area contributed by atoms with Crippen molar-refractivity contribution in [2.75, 3.05) is 46.8 Å². The van der Waals surface area contributed by atoms with E-state index in [2.05, 4.69) is 34.0 Å². The van der Waals surface area contributed by atoms with E-state index in [4.69, 9.17) is 0 Å². The molecule has 6 heteroatoms. The van der Waals surface area contributed by atoms with Crippen LogP contribution in [0.4, 0.5) is 0 Å². The summed E-state index contributed by atoms with van der Waals surface area (Å²) in [7, 11) is 3.55. The van der Waals surface area contributed by atoms with Crippen LogP contribution in [0.15, 0.2) is 4.99 Å². The molecule has 0 aromatic carbocycles. The number of rotatable bonds is 4. The van der Waals surface area contributed by atoms with E-state index in [1.54, 1.807) is 19.0 Å². The van der Waals surface area contributed by atoms with Gasteiger partial charge in [-0.1, -0.05) is 19.3 Å². The van der Waals surface area contributed by atoms with Crippen molar-refractivity contribution < 1.29 is 4.79 Å². The van der Waals surface area contributed by atoms with E-state index in [9.17, 15) is 4.79 Å². The Balaban J connectivity index is 1.90. The van der Waals surface area contributed by atoms with Gasteiger partial charge in [0.1, 0.15) is 6.54 Å². The molecule has 0 aromatic rings. The minimum atomic E-state index is 0.0406. The fraction of sp³-hybridized carbons (Fsp3) is 0.889. The topological polar surface area (TPSA) is 51.2 Å². The van der Waals surface area contributed by atoms with E-state index in [1.165, 1.54) is 32.1 Å². The van der Waals surface area contributed by atoms with Crippen LogP contribution < -0.4 is 5.32 Å². The maximum atomic E-state index is 11.8. The maximum absolute atomic E-state index is 11.8. The van der Waals surface area contributed by atoms with Gasteiger partial charge >= 0.3 is 0 Å². The fourth-order valence-corrected chi connectivity index (χ4v) is 3.52. The predicted molar refractivity (Wildman–Crippen MR) is 99.3 cm³/mol. The van der Waals surface area contributed by atoms with Crippen LogP contribution in [-0.2, 0) is 4.79 Å². The Morgan fingerprint density at radius 2 is 1.75 bits per heavy atom. The highest BCUT2D eigenvalue weighted by Crippen LogP contribution is 2.23. The summed E-state index contributed by atoms with van der Waals surface area (Å²) < 4.78 is 0. The number of nitrogens with zero attached hydrogens (tertiary/aromatic N) is 4. The van der Waals surface area contributed by atoms with Crippen LogP contribution in [0.5, 0.6) is 0 Å². The van der Waals surface area contributed by atoms with Crippen molar-refractivity contribution in [2.45, 2.75) is 58.0 Å². The zero-order valence-electron chi connectivity index (χ0n) is 15.9. The summed E-state index contributed by atoms with van der Waals surface area (Å²) in [6, 6.07) is 1.10. The average Bonchev–Trinajstić information content (AvgIpc) is 2.59. The Morgan fingerprint density at radius 3 is 2.29 bits per heavy atom. The predicted octanol–water partition coefficient (Wildman–Crippen LogP) is 1.38. The van der Waals surface area contributed by atoms with Gasteiger partial charge in [0.25, 0.3) is 0 Å². The Morgan fingerprint density at radius 1 is 1.12 bits per heavy atom. The van der Waals surface area contributed by atoms with Gasteiger partial charge in [-0.15, -0.1) is 0 Å². The summed E-state index contributed by atoms with van der Waals surface area (Å²) >= 11 is 0. The Labute approximate surface area is 147 Å². The van der Waals surface area contributed by atoms with Gasteiger partial charge < -0.3 is 15.1 Å². The SMILES string of the molecule is CC(C)NC(=NCC(=O)N(C)C)N1CCN(C2CCCCC2)CC1. The summed E-state index contributed by atoms with van der Waals surface area (Å²) in [5.41, 5.74) is 0. The number of aliphatic imine (C=N–C) groups is 1. The lowest BCUT2D eigenvalue weighted by Crippen LogP contribution is -2.56. The maximum Gasteiger partial charge on any atom is 0.243 e. The van der Waals surface area contributed by atoms with Crippen molar-refractivity contribution in [2.24, 2.45) is 4.99 Å². The Kier molecular flexibility index (Phi) is 7.34. The lowest BCUT2D eigenvalue weighted by Gasteiger charge is -2.42. The van der Waals surface area contributed by atoms with Crippen molar-refractivity contribution in [3.63, 3.8) is 0 Å². The zero-order chi connectivity index (χ0) is 17.5. The van der Waals surface area contributed by atoms with Crippen molar-refractivity contribution in [1.29, 1.82) is 0 Å². The van der Waals surface area contributed by atoms with E-state index in [0.717, 1.165) is 38.2 Å². The van der Waals surface area contributed by atoms with E-state index in [1.807, 2.05) is 0 Å². The molecular formula is C18H35N5O. The molecule has 24 heavy (non-hydrogen) atoms. The van der Waals surface area contributed by atoms with Crippen molar-refractivity contribution in [3.05, 3.63) is 0 Å². The first-order valence-electron chi connectivity index (χ1n) is 9.47. The molecule has 0 bridgehead atoms. The van der Waals surface area contributed by atoms with E-state index < -0.39 is 0 Å². The standard InChI is InChI=1S/C18H35N5O/c1-15(2)20-18(19-14-17(24)21(3)4)23-12-10-22(11-13-23)16-8-6-5-7-9-16/h15-16H,5-14H2,1-4H3,(H,19,20). The van der Waals surface area contributed by atoms with Crippen LogP contribution in [0.2, 0.25) is 0 Å². The number of hydrogen-bond donors (Lipinski definition) is 1. The van der Waals surface area contributed by atoms with Gasteiger partial charge in [0.05, 0.1) is 0 Å². The third kappa shape index (κ3) is 5.65. The third-order valence-electron chi connectivity index (χ3n) is 4.99. The molecule has 2 fully saturated rings. The second-order valence-electron chi connectivity index (χ2n) is 7.54. The van der Waals surface area contributed by atoms with Gasteiger partial charge in [-0.05, 0) is 26.7 Å². The van der Waals surface area contributed by atoms with Crippen LogP contribution >= 0.6 is 0 Å². The summed E-state index contributed by atoms with van der Waals surface area (Å²) in [5, 5.41) is 3.42. The molecule has 1 aliphatic carbocycles. The smallest absolute Gasteiger partial charge is 0.243 e. The molecule has 0 atom stereocenters. The largest absolute Gasteiger partial charge is 0.354 e. The highest BCUT2D eigenvalue weighted by atomic mass is 16.2. The molecule has 138 valence electrons. The summed E-state index contributed by atoms with van der Waals surface area (Å²) in [4.78, 5) is 23.0. The molecular weight excluding hydrogens is 302 g/mol. The number of carbonyl (C=O) groups is 1. The number of piperazine rings is 1. The minimum Gasteiger partial charge on any atom is -0.354 e. The number of carbonyl (C=O) groups excluding carboxylic acids is 1. The van der Waals surface area contributed by atoms with Gasteiger partial charge in [0, 0.05) is 52.4 Å². The molecule has 0 radical (unpaired) electrons. The molecule has 1 aliphatic heterocycles. The molecule has 0 spiro atoms. The molecule has 1 saturated heterocycles. The first-order valence-corrected chi connectivity index (χ1v) is 9.47. The van der Waals surface area contributed by atoms with Crippen LogP contribution in [0, 0.1) is 0 Å². The second kappa shape index (κ2) is 9.25. The lowest BCUT2D eigenvalue weighted by atomic mass is 9.94. The van der Waals surface area contributed by atoms with E-state index >= 15 is 0 Å². The molecule has 1 saturated carbocycles. The van der Waals surface area contributed by atoms with Gasteiger partial charge in [-0.25, -0.2) is 4.99 Å². The average molecular weight is 338 g/mol. The zero-order valence-corrected chi connectivity index (χ0v) is 15.9. The molecule has 1 N–H and O–H groups in total. The lowest BCUT2D eigenvalue weighted by molar-refractivity contribution is -0.127. The monoisotopic (exact) mass is 337 g/mol. The highest BCUT2D eigenvalue weighted by molar-refractivity contribution is 5.85. The molecule has 2 rings (SSSR count). The summed E-state index contributed by atoms with van der Waals surface area (Å²) in [5.74, 6) is 0.919. The van der Waals surface area contributed by atoms with Crippen LogP contribution in [-0.4, -0.2) is 85.5 Å². The number of amides is 1. The number of hydrogen-bond acceptors (Lipinski definition) is 3. The number of guanidine groups is 1. The van der Waals surface area contributed by atoms with Gasteiger partial charge in [-0.2, -0.15) is 0 Å². The molecule has 0 unspecified atom stereocenters. The normalized spacial score (nSPS) is 21.2. The van der Waals surface area contributed by atoms with Crippen molar-refractivity contribution >= 4 is 11.9 Å². The van der Waals surface area contributed by atoms with Crippen LogP contribution in [0.3, 0.4) is 0 Å². The Hall–Kier alpha value is -1.30. The number of likely N-dealkylation sites (N-methyl/N-ethyl adjacent to an activating group) is 1. The van der Waals surface area contributed by atoms with Crippen molar-refractivity contribution in [1.82, 2.24) is 20.0 Å². The molecule has 0 aromatic heterocycles. The molecule has 1 heterocycles. The molecule has 2 aliphatic rings. The first kappa shape index (κ1) is 19.0. The summed E-state index contributed by atoms with van der Waals surface area (Å²) in [6.07, 6.45) is 6.91. The van der Waals surface area contributed by atoms with E-state index in [-0.39, 0.29) is 12.5 Å². The Bertz CT molecular complexity index is 421. The second-order valence-corrected chi connectivity index (χ2v) is 7.54.